The molecule has 1 saturated heterocycles. The lowest BCUT2D eigenvalue weighted by atomic mass is 10.1. The number of benzene rings is 1. The quantitative estimate of drug-likeness (QED) is 0.425. The smallest absolute Gasteiger partial charge is 0.265 e. The van der Waals surface area contributed by atoms with Crippen LogP contribution in [0, 0.1) is 11.3 Å². The lowest BCUT2D eigenvalue weighted by Crippen LogP contribution is -2.59. The molecule has 0 radical (unpaired) electrons. The molecule has 0 bridgehead atoms. The standard InChI is InChI=1S/C12H16N5O2P/c13-8-9-2-4-10(5-3-9)16-20(19)12(14)6-1-7-17(15)11(12)18/h2-5,20H,1,6-7,14-15H2,(H,16,19)/t12-/m0/s1. The second kappa shape index (κ2) is 5.63. The topological polar surface area (TPSA) is 125 Å². The first-order valence-corrected chi connectivity index (χ1v) is 7.55. The number of carbonyl (C=O) groups excluding carboxylic acids is 1. The van der Waals surface area contributed by atoms with E-state index in [1.54, 1.807) is 24.3 Å². The van der Waals surface area contributed by atoms with Crippen molar-refractivity contribution < 1.29 is 9.36 Å². The largest absolute Gasteiger partial charge is 0.337 e. The molecule has 1 aromatic carbocycles. The summed E-state index contributed by atoms with van der Waals surface area (Å²) in [6.45, 7) is 0.420. The number of hydrogen-bond donors (Lipinski definition) is 3. The molecule has 0 spiro atoms. The molecule has 5 N–H and O–H groups in total. The molecule has 8 heteroatoms. The Balaban J connectivity index is 2.14. The van der Waals surface area contributed by atoms with Gasteiger partial charge in [0.1, 0.15) is 0 Å². The van der Waals surface area contributed by atoms with Crippen molar-refractivity contribution in [3.8, 4) is 6.07 Å². The average molecular weight is 293 g/mol. The van der Waals surface area contributed by atoms with Gasteiger partial charge in [-0.3, -0.25) is 9.80 Å². The molecule has 7 nitrogen and oxygen atoms in total. The van der Waals surface area contributed by atoms with Gasteiger partial charge in [0.05, 0.1) is 11.6 Å². The Labute approximate surface area is 117 Å². The van der Waals surface area contributed by atoms with Crippen molar-refractivity contribution in [1.82, 2.24) is 5.01 Å². The minimum Gasteiger partial charge on any atom is -0.337 e. The number of rotatable bonds is 3. The molecule has 0 saturated carbocycles. The van der Waals surface area contributed by atoms with E-state index in [4.69, 9.17) is 16.8 Å². The van der Waals surface area contributed by atoms with Gasteiger partial charge < -0.3 is 15.4 Å². The summed E-state index contributed by atoms with van der Waals surface area (Å²) >= 11 is 0. The fraction of sp³-hybridized carbons (Fsp3) is 0.333. The lowest BCUT2D eigenvalue weighted by Gasteiger charge is -2.36. The summed E-state index contributed by atoms with van der Waals surface area (Å²) in [6, 6.07) is 8.43. The van der Waals surface area contributed by atoms with Gasteiger partial charge in [0.2, 0.25) is 0 Å². The second-order valence-corrected chi connectivity index (χ2v) is 6.52. The molecule has 0 aromatic heterocycles. The normalized spacial score (nSPS) is 24.1. The van der Waals surface area contributed by atoms with Crippen molar-refractivity contribution in [2.24, 2.45) is 11.6 Å². The number of piperidine rings is 1. The first-order valence-electron chi connectivity index (χ1n) is 6.14. The average Bonchev–Trinajstić information content (AvgIpc) is 2.45. The number of nitrogens with one attached hydrogen (secondary N) is 1. The number of nitrogens with two attached hydrogens (primary N) is 2. The van der Waals surface area contributed by atoms with Crippen LogP contribution in [0.25, 0.3) is 0 Å². The van der Waals surface area contributed by atoms with E-state index in [1.165, 1.54) is 0 Å². The number of amides is 1. The van der Waals surface area contributed by atoms with E-state index in [0.717, 1.165) is 5.01 Å². The van der Waals surface area contributed by atoms with Crippen LogP contribution in [0.3, 0.4) is 0 Å². The Morgan fingerprint density at radius 3 is 2.65 bits per heavy atom. The highest BCUT2D eigenvalue weighted by Crippen LogP contribution is 2.41. The van der Waals surface area contributed by atoms with Crippen LogP contribution in [0.5, 0.6) is 0 Å². The van der Waals surface area contributed by atoms with Gasteiger partial charge in [0.15, 0.2) is 13.2 Å². The third kappa shape index (κ3) is 2.68. The molecule has 2 atom stereocenters. The highest BCUT2D eigenvalue weighted by Gasteiger charge is 2.45. The summed E-state index contributed by atoms with van der Waals surface area (Å²) in [6.07, 6.45) is 0.949. The zero-order valence-corrected chi connectivity index (χ0v) is 11.8. The van der Waals surface area contributed by atoms with Crippen molar-refractivity contribution >= 4 is 19.5 Å². The Kier molecular flexibility index (Phi) is 4.09. The molecule has 1 unspecified atom stereocenters. The first-order chi connectivity index (χ1) is 9.47. The molecule has 0 aliphatic carbocycles. The van der Waals surface area contributed by atoms with Crippen LogP contribution in [0.4, 0.5) is 5.69 Å². The summed E-state index contributed by atoms with van der Waals surface area (Å²) in [5.74, 6) is 5.03. The Hall–Kier alpha value is -1.87. The summed E-state index contributed by atoms with van der Waals surface area (Å²) in [4.78, 5) is 12.0. The summed E-state index contributed by atoms with van der Waals surface area (Å²) < 4.78 is 12.4. The Morgan fingerprint density at radius 2 is 2.05 bits per heavy atom. The monoisotopic (exact) mass is 293 g/mol. The number of hydrogen-bond acceptors (Lipinski definition) is 5. The molecule has 106 valence electrons. The Morgan fingerprint density at radius 1 is 1.40 bits per heavy atom. The van der Waals surface area contributed by atoms with Gasteiger partial charge >= 0.3 is 0 Å². The van der Waals surface area contributed by atoms with Crippen molar-refractivity contribution in [3.05, 3.63) is 29.8 Å². The summed E-state index contributed by atoms with van der Waals surface area (Å²) in [5, 5.41) is 11.0. The SMILES string of the molecule is N#Cc1ccc(N[PH](=O)[C@@]2(N)CCCN(N)C2=O)cc1. The lowest BCUT2D eigenvalue weighted by molar-refractivity contribution is -0.136. The minimum absolute atomic E-state index is 0.334. The van der Waals surface area contributed by atoms with Crippen molar-refractivity contribution in [2.45, 2.75) is 18.1 Å². The van der Waals surface area contributed by atoms with E-state index in [-0.39, 0.29) is 0 Å². The molecular formula is C12H16N5O2P. The van der Waals surface area contributed by atoms with E-state index in [1.807, 2.05) is 6.07 Å². The summed E-state index contributed by atoms with van der Waals surface area (Å²) in [5.41, 5.74) is 7.04. The number of anilines is 1. The molecule has 1 aliphatic rings. The maximum atomic E-state index is 12.4. The number of nitrogens with zero attached hydrogens (tertiary/aromatic N) is 2. The van der Waals surface area contributed by atoms with Gasteiger partial charge in [0, 0.05) is 12.2 Å². The number of carbonyl (C=O) groups is 1. The zero-order valence-electron chi connectivity index (χ0n) is 10.8. The highest BCUT2D eigenvalue weighted by molar-refractivity contribution is 7.49. The fourth-order valence-corrected chi connectivity index (χ4v) is 3.47. The predicted octanol–water partition coefficient (Wildman–Crippen LogP) is 0.596. The predicted molar refractivity (Wildman–Crippen MR) is 75.8 cm³/mol. The molecule has 1 amide bonds. The third-order valence-electron chi connectivity index (χ3n) is 3.29. The van der Waals surface area contributed by atoms with Gasteiger partial charge in [-0.15, -0.1) is 0 Å². The highest BCUT2D eigenvalue weighted by atomic mass is 31.1. The number of nitriles is 1. The van der Waals surface area contributed by atoms with Crippen LogP contribution < -0.4 is 16.7 Å². The van der Waals surface area contributed by atoms with E-state index >= 15 is 0 Å². The molecule has 20 heavy (non-hydrogen) atoms. The van der Waals surface area contributed by atoms with Gasteiger partial charge in [-0.05, 0) is 37.1 Å². The molecular weight excluding hydrogens is 277 g/mol. The molecule has 2 rings (SSSR count). The van der Waals surface area contributed by atoms with E-state index in [0.29, 0.717) is 30.6 Å². The second-order valence-electron chi connectivity index (χ2n) is 4.72. The van der Waals surface area contributed by atoms with Crippen LogP contribution >= 0.6 is 7.95 Å². The van der Waals surface area contributed by atoms with Crippen LogP contribution in [0.1, 0.15) is 18.4 Å². The van der Waals surface area contributed by atoms with Crippen LogP contribution in [-0.4, -0.2) is 22.7 Å². The van der Waals surface area contributed by atoms with Crippen molar-refractivity contribution in [2.75, 3.05) is 11.6 Å². The van der Waals surface area contributed by atoms with Gasteiger partial charge in [-0.2, -0.15) is 5.26 Å². The van der Waals surface area contributed by atoms with Crippen LogP contribution in [0.15, 0.2) is 24.3 Å². The van der Waals surface area contributed by atoms with E-state index in [9.17, 15) is 9.36 Å². The van der Waals surface area contributed by atoms with Crippen LogP contribution in [0.2, 0.25) is 0 Å². The van der Waals surface area contributed by atoms with Crippen molar-refractivity contribution in [3.63, 3.8) is 0 Å². The van der Waals surface area contributed by atoms with E-state index < -0.39 is 19.1 Å². The molecule has 1 heterocycles. The summed E-state index contributed by atoms with van der Waals surface area (Å²) in [7, 11) is -2.62. The van der Waals surface area contributed by atoms with Gasteiger partial charge in [-0.25, -0.2) is 5.84 Å². The zero-order chi connectivity index (χ0) is 14.8. The van der Waals surface area contributed by atoms with E-state index in [2.05, 4.69) is 5.09 Å². The van der Waals surface area contributed by atoms with Crippen LogP contribution in [-0.2, 0) is 9.36 Å². The molecule has 1 fully saturated rings. The minimum atomic E-state index is -2.62. The first kappa shape index (κ1) is 14.5. The molecule has 1 aliphatic heterocycles. The fourth-order valence-electron chi connectivity index (χ4n) is 2.07. The van der Waals surface area contributed by atoms with Gasteiger partial charge in [-0.1, -0.05) is 0 Å². The maximum absolute atomic E-state index is 12.4. The Bertz CT molecular complexity index is 583. The third-order valence-corrected chi connectivity index (χ3v) is 5.08. The van der Waals surface area contributed by atoms with Crippen molar-refractivity contribution in [1.29, 1.82) is 5.26 Å². The maximum Gasteiger partial charge on any atom is 0.265 e. The number of hydrazine groups is 1. The molecule has 1 aromatic rings. The van der Waals surface area contributed by atoms with Gasteiger partial charge in [0.25, 0.3) is 5.91 Å².